The lowest BCUT2D eigenvalue weighted by molar-refractivity contribution is 0.0628. The smallest absolute Gasteiger partial charge is 0.253 e. The molecule has 0 atom stereocenters. The van der Waals surface area contributed by atoms with Crippen molar-refractivity contribution >= 4 is 17.5 Å². The molecule has 5 nitrogen and oxygen atoms in total. The molecule has 6 heteroatoms. The van der Waals surface area contributed by atoms with Gasteiger partial charge in [0.2, 0.25) is 0 Å². The van der Waals surface area contributed by atoms with Crippen molar-refractivity contribution < 1.29 is 14.3 Å². The molecule has 33 heavy (non-hydrogen) atoms. The number of aryl methyl sites for hydroxylation is 1. The summed E-state index contributed by atoms with van der Waals surface area (Å²) in [7, 11) is 1.62. The third-order valence-corrected chi connectivity index (χ3v) is 6.14. The van der Waals surface area contributed by atoms with Crippen molar-refractivity contribution in [2.24, 2.45) is 0 Å². The molecule has 1 fully saturated rings. The summed E-state index contributed by atoms with van der Waals surface area (Å²) >= 11 is 5.94. The molecule has 0 spiro atoms. The first kappa shape index (κ1) is 23.1. The highest BCUT2D eigenvalue weighted by molar-refractivity contribution is 6.30. The zero-order valence-corrected chi connectivity index (χ0v) is 19.8. The Morgan fingerprint density at radius 1 is 0.970 bits per heavy atom. The molecule has 1 heterocycles. The van der Waals surface area contributed by atoms with E-state index >= 15 is 0 Å². The summed E-state index contributed by atoms with van der Waals surface area (Å²) < 4.78 is 11.4. The van der Waals surface area contributed by atoms with E-state index in [1.165, 1.54) is 11.1 Å². The van der Waals surface area contributed by atoms with Crippen molar-refractivity contribution in [1.82, 2.24) is 9.80 Å². The van der Waals surface area contributed by atoms with Crippen LogP contribution in [0.3, 0.4) is 0 Å². The molecular weight excluding hydrogens is 436 g/mol. The number of ether oxygens (including phenoxy) is 2. The Bertz CT molecular complexity index is 1090. The molecule has 1 amide bonds. The van der Waals surface area contributed by atoms with Crippen LogP contribution in [0, 0.1) is 6.92 Å². The average Bonchev–Trinajstić information content (AvgIpc) is 2.83. The van der Waals surface area contributed by atoms with Crippen molar-refractivity contribution in [2.75, 3.05) is 33.3 Å². The van der Waals surface area contributed by atoms with Gasteiger partial charge < -0.3 is 14.4 Å². The van der Waals surface area contributed by atoms with E-state index in [-0.39, 0.29) is 5.91 Å². The van der Waals surface area contributed by atoms with E-state index in [4.69, 9.17) is 21.1 Å². The molecule has 1 saturated heterocycles. The van der Waals surface area contributed by atoms with Gasteiger partial charge in [-0.2, -0.15) is 0 Å². The van der Waals surface area contributed by atoms with Crippen LogP contribution in [-0.4, -0.2) is 49.0 Å². The van der Waals surface area contributed by atoms with Crippen molar-refractivity contribution in [3.05, 3.63) is 94.0 Å². The summed E-state index contributed by atoms with van der Waals surface area (Å²) in [5.41, 5.74) is 4.07. The van der Waals surface area contributed by atoms with Crippen molar-refractivity contribution in [1.29, 1.82) is 0 Å². The van der Waals surface area contributed by atoms with Crippen LogP contribution in [-0.2, 0) is 13.2 Å². The van der Waals surface area contributed by atoms with E-state index in [0.717, 1.165) is 25.2 Å². The zero-order valence-electron chi connectivity index (χ0n) is 19.1. The van der Waals surface area contributed by atoms with Crippen LogP contribution in [0.2, 0.25) is 5.02 Å². The lowest BCUT2D eigenvalue weighted by Gasteiger charge is -2.35. The van der Waals surface area contributed by atoms with Gasteiger partial charge in [0.15, 0.2) is 0 Å². The van der Waals surface area contributed by atoms with E-state index in [2.05, 4.69) is 36.1 Å². The molecule has 0 saturated carbocycles. The molecule has 0 aromatic heterocycles. The summed E-state index contributed by atoms with van der Waals surface area (Å²) in [4.78, 5) is 17.5. The minimum Gasteiger partial charge on any atom is -0.496 e. The standard InChI is InChI=1S/C27H29ClN2O3/c1-20-4-3-5-21(16-20)18-29-12-14-30(15-13-29)27(31)22-6-11-26(32-2)23(17-22)19-33-25-9-7-24(28)8-10-25/h3-11,16-17H,12-15,18-19H2,1-2H3. The molecule has 4 rings (SSSR count). The fraction of sp³-hybridized carbons (Fsp3) is 0.296. The maximum atomic E-state index is 13.2. The second-order valence-corrected chi connectivity index (χ2v) is 8.76. The van der Waals surface area contributed by atoms with Gasteiger partial charge in [0.25, 0.3) is 5.91 Å². The predicted octanol–water partition coefficient (Wildman–Crippen LogP) is 5.19. The number of amides is 1. The van der Waals surface area contributed by atoms with E-state index in [1.54, 1.807) is 19.2 Å². The first-order valence-electron chi connectivity index (χ1n) is 11.1. The molecule has 1 aliphatic heterocycles. The number of rotatable bonds is 7. The molecular formula is C27H29ClN2O3. The monoisotopic (exact) mass is 464 g/mol. The number of benzene rings is 3. The topological polar surface area (TPSA) is 42.0 Å². The van der Waals surface area contributed by atoms with E-state index in [1.807, 2.05) is 35.2 Å². The van der Waals surface area contributed by atoms with E-state index in [0.29, 0.717) is 41.8 Å². The second-order valence-electron chi connectivity index (χ2n) is 8.33. The normalized spacial score (nSPS) is 14.2. The van der Waals surface area contributed by atoms with E-state index < -0.39 is 0 Å². The molecule has 172 valence electrons. The van der Waals surface area contributed by atoms with Gasteiger partial charge in [-0.3, -0.25) is 9.69 Å². The minimum atomic E-state index is 0.0422. The Morgan fingerprint density at radius 2 is 1.73 bits per heavy atom. The summed E-state index contributed by atoms with van der Waals surface area (Å²) in [5.74, 6) is 1.45. The van der Waals surface area contributed by atoms with Gasteiger partial charge >= 0.3 is 0 Å². The van der Waals surface area contributed by atoms with Gasteiger partial charge in [0.05, 0.1) is 7.11 Å². The molecule has 0 radical (unpaired) electrons. The third kappa shape index (κ3) is 6.06. The maximum Gasteiger partial charge on any atom is 0.253 e. The third-order valence-electron chi connectivity index (χ3n) is 5.88. The van der Waals surface area contributed by atoms with Crippen molar-refractivity contribution in [3.8, 4) is 11.5 Å². The van der Waals surface area contributed by atoms with Gasteiger partial charge in [0, 0.05) is 48.9 Å². The van der Waals surface area contributed by atoms with Gasteiger partial charge in [-0.15, -0.1) is 0 Å². The molecule has 3 aromatic carbocycles. The summed E-state index contributed by atoms with van der Waals surface area (Å²) in [6, 6.07) is 21.3. The van der Waals surface area contributed by atoms with Crippen LogP contribution < -0.4 is 9.47 Å². The Balaban J connectivity index is 1.37. The quantitative estimate of drug-likeness (QED) is 0.482. The number of halogens is 1. The molecule has 0 unspecified atom stereocenters. The molecule has 0 bridgehead atoms. The number of methoxy groups -OCH3 is 1. The molecule has 0 aliphatic carbocycles. The number of hydrogen-bond acceptors (Lipinski definition) is 4. The summed E-state index contributed by atoms with van der Waals surface area (Å²) in [5, 5.41) is 0.659. The maximum absolute atomic E-state index is 13.2. The minimum absolute atomic E-state index is 0.0422. The second kappa shape index (κ2) is 10.7. The fourth-order valence-electron chi connectivity index (χ4n) is 4.08. The predicted molar refractivity (Wildman–Crippen MR) is 131 cm³/mol. The van der Waals surface area contributed by atoms with Gasteiger partial charge in [-0.05, 0) is 55.0 Å². The average molecular weight is 465 g/mol. The highest BCUT2D eigenvalue weighted by atomic mass is 35.5. The van der Waals surface area contributed by atoms with Gasteiger partial charge in [0.1, 0.15) is 18.1 Å². The van der Waals surface area contributed by atoms with Crippen LogP contribution in [0.5, 0.6) is 11.5 Å². The van der Waals surface area contributed by atoms with Crippen LogP contribution in [0.25, 0.3) is 0 Å². The highest BCUT2D eigenvalue weighted by Crippen LogP contribution is 2.24. The summed E-state index contributed by atoms with van der Waals surface area (Å²) in [6.07, 6.45) is 0. The number of nitrogens with zero attached hydrogens (tertiary/aromatic N) is 2. The molecule has 0 N–H and O–H groups in total. The van der Waals surface area contributed by atoms with Crippen LogP contribution >= 0.6 is 11.6 Å². The Kier molecular flexibility index (Phi) is 7.53. The lowest BCUT2D eigenvalue weighted by atomic mass is 10.1. The summed E-state index contributed by atoms with van der Waals surface area (Å²) in [6.45, 7) is 6.49. The Labute approximate surface area is 200 Å². The largest absolute Gasteiger partial charge is 0.496 e. The number of piperazine rings is 1. The molecule has 1 aliphatic rings. The number of carbonyl (C=O) groups is 1. The van der Waals surface area contributed by atoms with Crippen molar-refractivity contribution in [3.63, 3.8) is 0 Å². The number of carbonyl (C=O) groups excluding carboxylic acids is 1. The van der Waals surface area contributed by atoms with Crippen LogP contribution in [0.4, 0.5) is 0 Å². The van der Waals surface area contributed by atoms with Gasteiger partial charge in [-0.1, -0.05) is 41.4 Å². The van der Waals surface area contributed by atoms with Crippen LogP contribution in [0.1, 0.15) is 27.0 Å². The van der Waals surface area contributed by atoms with Crippen molar-refractivity contribution in [2.45, 2.75) is 20.1 Å². The Morgan fingerprint density at radius 3 is 2.42 bits per heavy atom. The number of hydrogen-bond donors (Lipinski definition) is 0. The Hall–Kier alpha value is -3.02. The van der Waals surface area contributed by atoms with Crippen LogP contribution in [0.15, 0.2) is 66.7 Å². The zero-order chi connectivity index (χ0) is 23.2. The SMILES string of the molecule is COc1ccc(C(=O)N2CCN(Cc3cccc(C)c3)CC2)cc1COc1ccc(Cl)cc1. The fourth-order valence-corrected chi connectivity index (χ4v) is 4.20. The first-order chi connectivity index (χ1) is 16.0. The highest BCUT2D eigenvalue weighted by Gasteiger charge is 2.23. The van der Waals surface area contributed by atoms with Gasteiger partial charge in [-0.25, -0.2) is 0 Å². The van der Waals surface area contributed by atoms with E-state index in [9.17, 15) is 4.79 Å². The lowest BCUT2D eigenvalue weighted by Crippen LogP contribution is -2.48. The first-order valence-corrected chi connectivity index (χ1v) is 11.5. The molecule has 3 aromatic rings.